The standard InChI is InChI=1S/C12H17N3O2/c16-12(17)9-5-6-15-10(7-9)13-14-11(15)8-3-1-2-4-8/h8-9H,1-7H2,(H,16,17). The van der Waals surface area contributed by atoms with Crippen LogP contribution in [0, 0.1) is 5.92 Å². The quantitative estimate of drug-likeness (QED) is 0.845. The first kappa shape index (κ1) is 10.7. The molecule has 0 radical (unpaired) electrons. The SMILES string of the molecule is O=C(O)C1CCn2c(nnc2C2CCCC2)C1. The number of fused-ring (bicyclic) bond motifs is 1. The van der Waals surface area contributed by atoms with Crippen LogP contribution < -0.4 is 0 Å². The predicted octanol–water partition coefficient (Wildman–Crippen LogP) is 1.58. The molecule has 1 aliphatic carbocycles. The summed E-state index contributed by atoms with van der Waals surface area (Å²) in [5.41, 5.74) is 0. The molecule has 1 unspecified atom stereocenters. The Morgan fingerprint density at radius 3 is 2.71 bits per heavy atom. The summed E-state index contributed by atoms with van der Waals surface area (Å²) in [6, 6.07) is 0. The predicted molar refractivity (Wildman–Crippen MR) is 60.7 cm³/mol. The third-order valence-corrected chi connectivity index (χ3v) is 4.06. The maximum Gasteiger partial charge on any atom is 0.307 e. The molecule has 0 amide bonds. The summed E-state index contributed by atoms with van der Waals surface area (Å²) in [5.74, 6) is 1.54. The van der Waals surface area contributed by atoms with Gasteiger partial charge in [0, 0.05) is 18.9 Å². The van der Waals surface area contributed by atoms with Gasteiger partial charge < -0.3 is 9.67 Å². The van der Waals surface area contributed by atoms with Crippen LogP contribution in [0.2, 0.25) is 0 Å². The van der Waals surface area contributed by atoms with Crippen molar-refractivity contribution in [1.82, 2.24) is 14.8 Å². The molecule has 0 aromatic carbocycles. The molecular weight excluding hydrogens is 218 g/mol. The average Bonchev–Trinajstić information content (AvgIpc) is 2.96. The first-order valence-electron chi connectivity index (χ1n) is 6.40. The van der Waals surface area contributed by atoms with Gasteiger partial charge in [-0.15, -0.1) is 10.2 Å². The van der Waals surface area contributed by atoms with Crippen molar-refractivity contribution >= 4 is 5.97 Å². The van der Waals surface area contributed by atoms with E-state index < -0.39 is 5.97 Å². The Morgan fingerprint density at radius 1 is 1.24 bits per heavy atom. The van der Waals surface area contributed by atoms with Gasteiger partial charge in [-0.1, -0.05) is 12.8 Å². The molecule has 2 heterocycles. The number of nitrogens with zero attached hydrogens (tertiary/aromatic N) is 3. The zero-order valence-electron chi connectivity index (χ0n) is 9.80. The summed E-state index contributed by atoms with van der Waals surface area (Å²) in [7, 11) is 0. The molecule has 1 N–H and O–H groups in total. The van der Waals surface area contributed by atoms with E-state index in [0.717, 1.165) is 18.2 Å². The van der Waals surface area contributed by atoms with Crippen LogP contribution in [0.25, 0.3) is 0 Å². The van der Waals surface area contributed by atoms with Crippen LogP contribution >= 0.6 is 0 Å². The van der Waals surface area contributed by atoms with Gasteiger partial charge in [0.25, 0.3) is 0 Å². The topological polar surface area (TPSA) is 68.0 Å². The van der Waals surface area contributed by atoms with E-state index in [1.54, 1.807) is 0 Å². The van der Waals surface area contributed by atoms with E-state index in [1.165, 1.54) is 25.7 Å². The molecule has 1 fully saturated rings. The maximum absolute atomic E-state index is 11.0. The summed E-state index contributed by atoms with van der Waals surface area (Å²) < 4.78 is 2.16. The van der Waals surface area contributed by atoms with E-state index in [0.29, 0.717) is 18.8 Å². The van der Waals surface area contributed by atoms with Crippen molar-refractivity contribution in [3.05, 3.63) is 11.6 Å². The lowest BCUT2D eigenvalue weighted by Gasteiger charge is -2.21. The van der Waals surface area contributed by atoms with Crippen molar-refractivity contribution in [1.29, 1.82) is 0 Å². The Labute approximate surface area is 99.9 Å². The fourth-order valence-electron chi connectivity index (χ4n) is 3.05. The molecule has 3 rings (SSSR count). The molecular formula is C12H17N3O2. The zero-order valence-corrected chi connectivity index (χ0v) is 9.80. The van der Waals surface area contributed by atoms with Gasteiger partial charge in [-0.2, -0.15) is 0 Å². The molecule has 1 aliphatic heterocycles. The number of aromatic nitrogens is 3. The average molecular weight is 235 g/mol. The Morgan fingerprint density at radius 2 is 2.00 bits per heavy atom. The van der Waals surface area contributed by atoms with Crippen LogP contribution in [0.5, 0.6) is 0 Å². The minimum Gasteiger partial charge on any atom is -0.481 e. The van der Waals surface area contributed by atoms with Crippen molar-refractivity contribution in [2.45, 2.75) is 51.0 Å². The summed E-state index contributed by atoms with van der Waals surface area (Å²) >= 11 is 0. The first-order valence-corrected chi connectivity index (χ1v) is 6.40. The van der Waals surface area contributed by atoms with Gasteiger partial charge in [0.2, 0.25) is 0 Å². The lowest BCUT2D eigenvalue weighted by atomic mass is 9.97. The van der Waals surface area contributed by atoms with E-state index >= 15 is 0 Å². The molecule has 2 aliphatic rings. The van der Waals surface area contributed by atoms with Crippen molar-refractivity contribution in [3.8, 4) is 0 Å². The van der Waals surface area contributed by atoms with E-state index in [-0.39, 0.29) is 5.92 Å². The molecule has 17 heavy (non-hydrogen) atoms. The van der Waals surface area contributed by atoms with Crippen molar-refractivity contribution in [3.63, 3.8) is 0 Å². The molecule has 0 bridgehead atoms. The molecule has 1 aromatic rings. The molecule has 1 atom stereocenters. The van der Waals surface area contributed by atoms with E-state index in [4.69, 9.17) is 5.11 Å². The van der Waals surface area contributed by atoms with Gasteiger partial charge in [0.05, 0.1) is 5.92 Å². The molecule has 5 nitrogen and oxygen atoms in total. The molecule has 5 heteroatoms. The number of carboxylic acid groups (broad SMARTS) is 1. The monoisotopic (exact) mass is 235 g/mol. The van der Waals surface area contributed by atoms with Crippen LogP contribution in [0.1, 0.15) is 49.7 Å². The number of rotatable bonds is 2. The fourth-order valence-corrected chi connectivity index (χ4v) is 3.05. The number of aliphatic carboxylic acids is 1. The van der Waals surface area contributed by atoms with Gasteiger partial charge in [-0.3, -0.25) is 4.79 Å². The fraction of sp³-hybridized carbons (Fsp3) is 0.750. The molecule has 0 spiro atoms. The molecule has 1 aromatic heterocycles. The normalized spacial score (nSPS) is 24.8. The second-order valence-corrected chi connectivity index (χ2v) is 5.14. The van der Waals surface area contributed by atoms with Crippen molar-refractivity contribution < 1.29 is 9.90 Å². The van der Waals surface area contributed by atoms with Crippen molar-refractivity contribution in [2.75, 3.05) is 0 Å². The minimum absolute atomic E-state index is 0.275. The molecule has 0 saturated heterocycles. The second-order valence-electron chi connectivity index (χ2n) is 5.14. The summed E-state index contributed by atoms with van der Waals surface area (Å²) in [5, 5.41) is 17.5. The van der Waals surface area contributed by atoms with Crippen LogP contribution in [0.15, 0.2) is 0 Å². The highest BCUT2D eigenvalue weighted by atomic mass is 16.4. The first-order chi connectivity index (χ1) is 8.25. The highest BCUT2D eigenvalue weighted by molar-refractivity contribution is 5.70. The highest BCUT2D eigenvalue weighted by Crippen LogP contribution is 2.34. The van der Waals surface area contributed by atoms with E-state index in [9.17, 15) is 4.79 Å². The van der Waals surface area contributed by atoms with Gasteiger partial charge in [0.15, 0.2) is 0 Å². The van der Waals surface area contributed by atoms with Gasteiger partial charge in [-0.25, -0.2) is 0 Å². The van der Waals surface area contributed by atoms with Crippen LogP contribution in [-0.4, -0.2) is 25.8 Å². The number of carbonyl (C=O) groups is 1. The molecule has 1 saturated carbocycles. The highest BCUT2D eigenvalue weighted by Gasteiger charge is 2.30. The summed E-state index contributed by atoms with van der Waals surface area (Å²) in [6.07, 6.45) is 6.23. The van der Waals surface area contributed by atoms with Crippen LogP contribution in [0.3, 0.4) is 0 Å². The van der Waals surface area contributed by atoms with E-state index in [1.807, 2.05) is 0 Å². The molecule has 92 valence electrons. The number of carboxylic acids is 1. The third kappa shape index (κ3) is 1.83. The lowest BCUT2D eigenvalue weighted by Crippen LogP contribution is -2.26. The summed E-state index contributed by atoms with van der Waals surface area (Å²) in [6.45, 7) is 0.769. The Kier molecular flexibility index (Phi) is 2.61. The Hall–Kier alpha value is -1.39. The minimum atomic E-state index is -0.707. The van der Waals surface area contributed by atoms with Crippen LogP contribution in [0.4, 0.5) is 0 Å². The largest absolute Gasteiger partial charge is 0.481 e. The van der Waals surface area contributed by atoms with Gasteiger partial charge in [0.1, 0.15) is 11.6 Å². The second kappa shape index (κ2) is 4.13. The van der Waals surface area contributed by atoms with Crippen molar-refractivity contribution in [2.24, 2.45) is 5.92 Å². The van der Waals surface area contributed by atoms with Crippen LogP contribution in [-0.2, 0) is 17.8 Å². The number of hydrogen-bond acceptors (Lipinski definition) is 3. The van der Waals surface area contributed by atoms with E-state index in [2.05, 4.69) is 14.8 Å². The smallest absolute Gasteiger partial charge is 0.307 e. The van der Waals surface area contributed by atoms with Gasteiger partial charge in [-0.05, 0) is 19.3 Å². The Bertz CT molecular complexity index is 435. The zero-order chi connectivity index (χ0) is 11.8. The third-order valence-electron chi connectivity index (χ3n) is 4.06. The maximum atomic E-state index is 11.0. The van der Waals surface area contributed by atoms with Gasteiger partial charge >= 0.3 is 5.97 Å². The lowest BCUT2D eigenvalue weighted by molar-refractivity contribution is -0.142. The summed E-state index contributed by atoms with van der Waals surface area (Å²) in [4.78, 5) is 11.0. The Balaban J connectivity index is 1.84. The number of hydrogen-bond donors (Lipinski definition) is 1.